The van der Waals surface area contributed by atoms with E-state index in [4.69, 9.17) is 9.15 Å². The molecule has 8 rings (SSSR count). The van der Waals surface area contributed by atoms with Crippen molar-refractivity contribution in [2.45, 2.75) is 79.6 Å². The lowest BCUT2D eigenvalue weighted by Gasteiger charge is -2.19. The monoisotopic (exact) mass is 963 g/mol. The van der Waals surface area contributed by atoms with Crippen LogP contribution in [-0.2, 0) is 35.8 Å². The summed E-state index contributed by atoms with van der Waals surface area (Å²) >= 11 is 0. The summed E-state index contributed by atoms with van der Waals surface area (Å²) in [4.78, 5) is 0. The van der Waals surface area contributed by atoms with Gasteiger partial charge in [0.1, 0.15) is 18.6 Å². The van der Waals surface area contributed by atoms with Crippen LogP contribution in [0.1, 0.15) is 86.2 Å². The Labute approximate surface area is 408 Å². The topological polar surface area (TPSA) is 23.5 Å². The molecule has 0 spiro atoms. The summed E-state index contributed by atoms with van der Waals surface area (Å²) in [6.07, 6.45) is 14.9. The molecule has 2 aliphatic heterocycles. The minimum absolute atomic E-state index is 0. The summed E-state index contributed by atoms with van der Waals surface area (Å²) in [6.45, 7) is 15.3. The third-order valence-corrected chi connectivity index (χ3v) is 11.9. The Hall–Kier alpha value is -6.75. The molecule has 0 atom stereocenters. The van der Waals surface area contributed by atoms with Crippen molar-refractivity contribution in [1.29, 1.82) is 0 Å². The molecule has 0 saturated heterocycles. The Morgan fingerprint density at radius 3 is 1.49 bits per heavy atom. The van der Waals surface area contributed by atoms with E-state index < -0.39 is 15.1 Å². The molecule has 5 aromatic carbocycles. The lowest BCUT2D eigenvalue weighted by atomic mass is 9.81. The average molecular weight is 964 g/mol. The zero-order valence-electron chi connectivity index (χ0n) is 40.9. The van der Waals surface area contributed by atoms with Gasteiger partial charge in [-0.3, -0.25) is 25.9 Å². The number of aryl methyl sites for hydroxylation is 5. The molecule has 0 amide bonds. The predicted octanol–water partition coefficient (Wildman–Crippen LogP) is 10.5. The van der Waals surface area contributed by atoms with E-state index in [1.54, 1.807) is 0 Å². The highest BCUT2D eigenvalue weighted by Gasteiger charge is 2.42. The molecule has 0 fully saturated rings. The second-order valence-corrected chi connectivity index (χ2v) is 16.7. The van der Waals surface area contributed by atoms with Gasteiger partial charge in [-0.05, 0) is 109 Å². The third kappa shape index (κ3) is 15.9. The first-order chi connectivity index (χ1) is 32.6. The molecule has 366 valence electrons. The summed E-state index contributed by atoms with van der Waals surface area (Å²) in [7, 11) is -5.18. The van der Waals surface area contributed by atoms with E-state index >= 15 is 0 Å². The maximum absolute atomic E-state index is 9.67. The fraction of sp³-hybridized carbons (Fsp3) is 0.228. The highest BCUT2D eigenvalue weighted by Crippen LogP contribution is 2.39. The molecule has 70 heavy (non-hydrogen) atoms. The lowest BCUT2D eigenvalue weighted by Crippen LogP contribution is -3.00. The van der Waals surface area contributed by atoms with Crippen molar-refractivity contribution in [3.8, 4) is 22.5 Å². The summed E-state index contributed by atoms with van der Waals surface area (Å²) in [6, 6.07) is 47.8. The molecule has 13 heteroatoms. The molecule has 6 aromatic rings. The molecule has 1 aromatic heterocycles. The number of nitrogens with zero attached hydrogens (tertiary/aromatic N) is 1. The maximum atomic E-state index is 9.67. The van der Waals surface area contributed by atoms with E-state index in [0.717, 1.165) is 65.4 Å². The van der Waals surface area contributed by atoms with Gasteiger partial charge in [0, 0.05) is 34.9 Å². The number of hydrogen-bond acceptors (Lipinski definition) is 1. The number of allylic oxidation sites excluding steroid dienone is 6. The van der Waals surface area contributed by atoms with Gasteiger partial charge >= 0.3 is 26.6 Å². The Bertz CT molecular complexity index is 2670. The van der Waals surface area contributed by atoms with Crippen LogP contribution >= 0.6 is 0 Å². The lowest BCUT2D eigenvalue weighted by molar-refractivity contribution is -0.401. The van der Waals surface area contributed by atoms with E-state index in [1.165, 1.54) is 55.9 Å². The minimum Gasteiger partial charge on any atom is -1.00 e. The molecular weight excluding hydrogens is 904 g/mol. The Morgan fingerprint density at radius 1 is 0.571 bits per heavy atom. The molecule has 0 unspecified atom stereocenters. The number of benzene rings is 5. The van der Waals surface area contributed by atoms with Crippen LogP contribution in [0.5, 0.6) is 0 Å². The Kier molecular flexibility index (Phi) is 22.6. The first-order valence-corrected chi connectivity index (χ1v) is 22.9. The number of para-hydroxylation sites is 1. The fourth-order valence-electron chi connectivity index (χ4n) is 8.07. The van der Waals surface area contributed by atoms with Crippen LogP contribution < -0.4 is 9.41 Å². The largest absolute Gasteiger partial charge is 1.00 e. The summed E-state index contributed by atoms with van der Waals surface area (Å²) in [5.41, 5.74) is 16.2. The normalized spacial score (nSPS) is 13.6. The number of fused-ring (bicyclic) bond motifs is 1. The van der Waals surface area contributed by atoms with Gasteiger partial charge in [-0.15, -0.1) is 0 Å². The van der Waals surface area contributed by atoms with E-state index in [-0.39, 0.29) is 14.8 Å². The van der Waals surface area contributed by atoms with Crippen molar-refractivity contribution >= 4 is 37.8 Å². The van der Waals surface area contributed by atoms with Crippen molar-refractivity contribution in [3.05, 3.63) is 214 Å². The van der Waals surface area contributed by atoms with Crippen molar-refractivity contribution < 1.29 is 49.0 Å². The Morgan fingerprint density at radius 2 is 1.01 bits per heavy atom. The van der Waals surface area contributed by atoms with Gasteiger partial charge in [0.25, 0.3) is 0 Å². The predicted molar refractivity (Wildman–Crippen MR) is 272 cm³/mol. The number of hydrogen-bond donors (Lipinski definition) is 0. The van der Waals surface area contributed by atoms with Crippen molar-refractivity contribution in [3.63, 3.8) is 0 Å². The maximum Gasteiger partial charge on any atom is 0.762 e. The summed E-state index contributed by atoms with van der Waals surface area (Å²) < 4.78 is 72.7. The number of rotatable bonds is 10. The molecule has 3 heterocycles. The molecular formula is C57H59B2F8NO2. The molecule has 3 nitrogen and oxygen atoms in total. The zero-order chi connectivity index (χ0) is 49.4. The van der Waals surface area contributed by atoms with Gasteiger partial charge < -0.3 is 14.1 Å². The minimum atomic E-state index is -3.67. The third-order valence-electron chi connectivity index (χ3n) is 11.9. The van der Waals surface area contributed by atoms with Crippen LogP contribution in [0.3, 0.4) is 0 Å². The quantitative estimate of drug-likeness (QED) is 0.0591. The Balaban J connectivity index is 0.000000336. The SMILES string of the molecule is CCc1ccc(-c2cc(C)[o+]c(-c3ccc(CC)cc3)c2)cc1.CCc1ccc(C2=CC(=CC=CC3=[N+](C)c4ccccc4C3(C)C)OC(c3ccc(CC)cc3)=C2)cc1.FB(F)F.FB(F)F.[F-].[F-]. The van der Waals surface area contributed by atoms with Crippen molar-refractivity contribution in [2.75, 3.05) is 7.05 Å². The smallest absolute Gasteiger partial charge is 0.762 e. The van der Waals surface area contributed by atoms with Crippen molar-refractivity contribution in [1.82, 2.24) is 0 Å². The van der Waals surface area contributed by atoms with E-state index in [9.17, 15) is 25.9 Å². The summed E-state index contributed by atoms with van der Waals surface area (Å²) in [5.74, 6) is 3.55. The van der Waals surface area contributed by atoms with Gasteiger partial charge in [-0.1, -0.05) is 137 Å². The van der Waals surface area contributed by atoms with E-state index in [0.29, 0.717) is 0 Å². The van der Waals surface area contributed by atoms with Crippen molar-refractivity contribution in [2.24, 2.45) is 0 Å². The van der Waals surface area contributed by atoms with Crippen LogP contribution in [-0.4, -0.2) is 32.4 Å². The number of ether oxygens (including phenoxy) is 1. The van der Waals surface area contributed by atoms with Gasteiger partial charge in [-0.25, -0.2) is 4.42 Å². The molecule has 0 saturated carbocycles. The van der Waals surface area contributed by atoms with E-state index in [2.05, 4.69) is 217 Å². The first-order valence-electron chi connectivity index (χ1n) is 22.9. The van der Waals surface area contributed by atoms with Crippen LogP contribution in [0.25, 0.3) is 33.8 Å². The highest BCUT2D eigenvalue weighted by atomic mass is 19.4. The van der Waals surface area contributed by atoms with Gasteiger partial charge in [0.05, 0.1) is 24.0 Å². The average Bonchev–Trinajstić information content (AvgIpc) is 3.54. The van der Waals surface area contributed by atoms with Gasteiger partial charge in [0.15, 0.2) is 5.71 Å². The molecule has 2 aliphatic rings. The summed E-state index contributed by atoms with van der Waals surface area (Å²) in [5, 5.41) is 0. The van der Waals surface area contributed by atoms with Crippen LogP contribution in [0.15, 0.2) is 174 Å². The standard InChI is InChI=1S/C35H36NO.C22H23O.2BF3.2FH/c1-6-25-15-19-27(20-16-25)29-23-30(37-33(24-29)28-21-17-26(7-2)18-22-28)11-10-14-34-35(3,4)31-12-8-9-13-32(31)36(34)5;1-4-17-6-10-19(11-7-17)21-14-16(3)23-22(15-21)20-12-8-18(5-2)9-13-20;2*2-1(3)4;;/h8-24H,6-7H2,1-5H3;6-15H,4-5H2,1-3H3;;;2*1H/q2*+1;;;;/p-2. The highest BCUT2D eigenvalue weighted by molar-refractivity contribution is 6.33. The number of halogens is 8. The molecule has 0 N–H and O–H groups in total. The zero-order valence-corrected chi connectivity index (χ0v) is 40.9. The molecule has 0 aliphatic carbocycles. The second kappa shape index (κ2) is 27.4. The first kappa shape index (κ1) is 57.6. The van der Waals surface area contributed by atoms with E-state index in [1.807, 2.05) is 6.92 Å². The van der Waals surface area contributed by atoms with Gasteiger partial charge in [-0.2, -0.15) is 4.58 Å². The van der Waals surface area contributed by atoms with Crippen LogP contribution in [0.4, 0.5) is 31.6 Å². The van der Waals surface area contributed by atoms with Crippen LogP contribution in [0.2, 0.25) is 0 Å². The molecule has 0 bridgehead atoms. The fourth-order valence-corrected chi connectivity index (χ4v) is 8.07. The molecule has 0 radical (unpaired) electrons. The second-order valence-electron chi connectivity index (χ2n) is 16.7. The van der Waals surface area contributed by atoms with Crippen LogP contribution in [0, 0.1) is 6.92 Å². The van der Waals surface area contributed by atoms with Gasteiger partial charge in [0.2, 0.25) is 5.69 Å².